The van der Waals surface area contributed by atoms with Crippen LogP contribution >= 0.6 is 27.5 Å². The molecule has 98 valence electrons. The molecule has 0 saturated carbocycles. The Balaban J connectivity index is 1.80. The lowest BCUT2D eigenvalue weighted by Gasteiger charge is -2.12. The zero-order valence-electron chi connectivity index (χ0n) is 10.3. The average Bonchev–Trinajstić information content (AvgIpc) is 2.88. The second-order valence-electron chi connectivity index (χ2n) is 4.61. The minimum Gasteiger partial charge on any atom is -0.384 e. The third-order valence-corrected chi connectivity index (χ3v) is 4.15. The summed E-state index contributed by atoms with van der Waals surface area (Å²) in [7, 11) is 0. The first-order chi connectivity index (χ1) is 9.24. The quantitative estimate of drug-likeness (QED) is 0.849. The first-order valence-electron chi connectivity index (χ1n) is 6.27. The predicted molar refractivity (Wildman–Crippen MR) is 85.1 cm³/mol. The van der Waals surface area contributed by atoms with Crippen molar-refractivity contribution in [2.75, 3.05) is 17.2 Å². The molecule has 0 aliphatic carbocycles. The fourth-order valence-electron chi connectivity index (χ4n) is 2.38. The molecule has 0 aromatic heterocycles. The van der Waals surface area contributed by atoms with Crippen molar-refractivity contribution in [3.05, 3.63) is 57.0 Å². The van der Waals surface area contributed by atoms with Crippen LogP contribution in [-0.4, -0.2) is 6.54 Å². The number of benzene rings is 2. The van der Waals surface area contributed by atoms with Crippen molar-refractivity contribution < 1.29 is 0 Å². The second-order valence-corrected chi connectivity index (χ2v) is 5.93. The molecule has 0 amide bonds. The van der Waals surface area contributed by atoms with E-state index in [-0.39, 0.29) is 0 Å². The van der Waals surface area contributed by atoms with Crippen molar-refractivity contribution in [3.63, 3.8) is 0 Å². The largest absolute Gasteiger partial charge is 0.384 e. The number of para-hydroxylation sites is 1. The SMILES string of the molecule is Clc1ccc(Br)cc1NCc1cccc2c1NCC2. The molecule has 2 aromatic rings. The highest BCUT2D eigenvalue weighted by Gasteiger charge is 2.13. The van der Waals surface area contributed by atoms with E-state index in [1.165, 1.54) is 16.8 Å². The molecule has 4 heteroatoms. The Labute approximate surface area is 126 Å². The molecule has 0 saturated heterocycles. The highest BCUT2D eigenvalue weighted by molar-refractivity contribution is 9.10. The van der Waals surface area contributed by atoms with Gasteiger partial charge < -0.3 is 10.6 Å². The number of anilines is 2. The Bertz CT molecular complexity index is 613. The summed E-state index contributed by atoms with van der Waals surface area (Å²) >= 11 is 9.64. The lowest BCUT2D eigenvalue weighted by Crippen LogP contribution is -2.03. The van der Waals surface area contributed by atoms with Crippen molar-refractivity contribution in [1.29, 1.82) is 0 Å². The van der Waals surface area contributed by atoms with Crippen LogP contribution in [0.5, 0.6) is 0 Å². The van der Waals surface area contributed by atoms with Crippen molar-refractivity contribution in [1.82, 2.24) is 0 Å². The van der Waals surface area contributed by atoms with Gasteiger partial charge in [-0.05, 0) is 35.7 Å². The summed E-state index contributed by atoms with van der Waals surface area (Å²) in [5.41, 5.74) is 4.92. The van der Waals surface area contributed by atoms with Gasteiger partial charge in [-0.15, -0.1) is 0 Å². The van der Waals surface area contributed by atoms with E-state index in [0.29, 0.717) is 0 Å². The third kappa shape index (κ3) is 2.72. The van der Waals surface area contributed by atoms with Crippen molar-refractivity contribution in [3.8, 4) is 0 Å². The van der Waals surface area contributed by atoms with Crippen LogP contribution < -0.4 is 10.6 Å². The fraction of sp³-hybridized carbons (Fsp3) is 0.200. The molecule has 0 fully saturated rings. The van der Waals surface area contributed by atoms with Crippen LogP contribution in [-0.2, 0) is 13.0 Å². The van der Waals surface area contributed by atoms with E-state index < -0.39 is 0 Å². The van der Waals surface area contributed by atoms with E-state index in [2.05, 4.69) is 44.8 Å². The Hall–Kier alpha value is -1.19. The molecular formula is C15H14BrClN2. The lowest BCUT2D eigenvalue weighted by atomic mass is 10.1. The molecule has 1 aliphatic rings. The zero-order valence-corrected chi connectivity index (χ0v) is 12.7. The van der Waals surface area contributed by atoms with Crippen molar-refractivity contribution >= 4 is 38.9 Å². The molecule has 0 unspecified atom stereocenters. The Morgan fingerprint density at radius 3 is 3.05 bits per heavy atom. The predicted octanol–water partition coefficient (Wildman–Crippen LogP) is 4.68. The van der Waals surface area contributed by atoms with Gasteiger partial charge in [-0.2, -0.15) is 0 Å². The number of hydrogen-bond donors (Lipinski definition) is 2. The van der Waals surface area contributed by atoms with Gasteiger partial charge in [-0.1, -0.05) is 45.7 Å². The average molecular weight is 338 g/mol. The maximum absolute atomic E-state index is 6.18. The zero-order chi connectivity index (χ0) is 13.2. The highest BCUT2D eigenvalue weighted by Crippen LogP contribution is 2.29. The third-order valence-electron chi connectivity index (χ3n) is 3.33. The monoisotopic (exact) mass is 336 g/mol. The first-order valence-corrected chi connectivity index (χ1v) is 7.45. The maximum atomic E-state index is 6.18. The molecule has 1 aliphatic heterocycles. The molecule has 0 bridgehead atoms. The van der Waals surface area contributed by atoms with Gasteiger partial charge in [0.15, 0.2) is 0 Å². The maximum Gasteiger partial charge on any atom is 0.0638 e. The number of hydrogen-bond acceptors (Lipinski definition) is 2. The van der Waals surface area contributed by atoms with E-state index in [9.17, 15) is 0 Å². The van der Waals surface area contributed by atoms with Gasteiger partial charge in [-0.25, -0.2) is 0 Å². The van der Waals surface area contributed by atoms with Gasteiger partial charge >= 0.3 is 0 Å². The number of halogens is 2. The summed E-state index contributed by atoms with van der Waals surface area (Å²) in [6.45, 7) is 1.80. The fourth-order valence-corrected chi connectivity index (χ4v) is 2.93. The molecule has 0 radical (unpaired) electrons. The minimum atomic E-state index is 0.740. The van der Waals surface area contributed by atoms with E-state index in [1.54, 1.807) is 0 Å². The standard InChI is InChI=1S/C15H14BrClN2/c16-12-4-5-13(17)14(8-12)19-9-11-3-1-2-10-6-7-18-15(10)11/h1-5,8,18-19H,6-7,9H2. The molecule has 0 atom stereocenters. The molecule has 3 rings (SSSR count). The van der Waals surface area contributed by atoms with E-state index in [1.807, 2.05) is 18.2 Å². The first kappa shape index (κ1) is 12.8. The minimum absolute atomic E-state index is 0.740. The molecule has 2 N–H and O–H groups in total. The van der Waals surface area contributed by atoms with Crippen LogP contribution in [0.3, 0.4) is 0 Å². The van der Waals surface area contributed by atoms with Crippen molar-refractivity contribution in [2.45, 2.75) is 13.0 Å². The van der Waals surface area contributed by atoms with Crippen molar-refractivity contribution in [2.24, 2.45) is 0 Å². The smallest absolute Gasteiger partial charge is 0.0638 e. The summed E-state index contributed by atoms with van der Waals surface area (Å²) in [6, 6.07) is 12.3. The van der Waals surface area contributed by atoms with Crippen LogP contribution in [0.2, 0.25) is 5.02 Å². The Morgan fingerprint density at radius 1 is 1.26 bits per heavy atom. The van der Waals surface area contributed by atoms with Crippen LogP contribution in [0.25, 0.3) is 0 Å². The topological polar surface area (TPSA) is 24.1 Å². The number of nitrogens with one attached hydrogen (secondary N) is 2. The molecule has 2 aromatic carbocycles. The molecule has 0 spiro atoms. The molecule has 1 heterocycles. The summed E-state index contributed by atoms with van der Waals surface area (Å²) in [4.78, 5) is 0. The van der Waals surface area contributed by atoms with E-state index in [4.69, 9.17) is 11.6 Å². The highest BCUT2D eigenvalue weighted by atomic mass is 79.9. The summed E-state index contributed by atoms with van der Waals surface area (Å²) in [5, 5.41) is 7.59. The number of rotatable bonds is 3. The normalized spacial score (nSPS) is 12.9. The van der Waals surface area contributed by atoms with Gasteiger partial charge in [0.2, 0.25) is 0 Å². The van der Waals surface area contributed by atoms with E-state index >= 15 is 0 Å². The van der Waals surface area contributed by atoms with Crippen LogP contribution in [0, 0.1) is 0 Å². The Kier molecular flexibility index (Phi) is 3.67. The molecule has 2 nitrogen and oxygen atoms in total. The summed E-state index contributed by atoms with van der Waals surface area (Å²) in [5.74, 6) is 0. The van der Waals surface area contributed by atoms with Crippen LogP contribution in [0.1, 0.15) is 11.1 Å². The van der Waals surface area contributed by atoms with E-state index in [0.717, 1.165) is 34.7 Å². The lowest BCUT2D eigenvalue weighted by molar-refractivity contribution is 1.11. The summed E-state index contributed by atoms with van der Waals surface area (Å²) < 4.78 is 1.02. The number of fused-ring (bicyclic) bond motifs is 1. The molecular weight excluding hydrogens is 324 g/mol. The Morgan fingerprint density at radius 2 is 2.16 bits per heavy atom. The molecule has 19 heavy (non-hydrogen) atoms. The summed E-state index contributed by atoms with van der Waals surface area (Å²) in [6.07, 6.45) is 1.11. The van der Waals surface area contributed by atoms with Gasteiger partial charge in [0.25, 0.3) is 0 Å². The second kappa shape index (κ2) is 5.43. The van der Waals surface area contributed by atoms with Gasteiger partial charge in [-0.3, -0.25) is 0 Å². The van der Waals surface area contributed by atoms with Gasteiger partial charge in [0.05, 0.1) is 10.7 Å². The van der Waals surface area contributed by atoms with Crippen LogP contribution in [0.15, 0.2) is 40.9 Å². The van der Waals surface area contributed by atoms with Gasteiger partial charge in [0.1, 0.15) is 0 Å². The van der Waals surface area contributed by atoms with Crippen LogP contribution in [0.4, 0.5) is 11.4 Å². The van der Waals surface area contributed by atoms with Gasteiger partial charge in [0, 0.05) is 23.2 Å².